The maximum atomic E-state index is 4.69. The van der Waals surface area contributed by atoms with Gasteiger partial charge in [-0.3, -0.25) is 0 Å². The molecule has 7 heavy (non-hydrogen) atoms. The van der Waals surface area contributed by atoms with Crippen LogP contribution in [-0.2, 0) is 0 Å². The monoisotopic (exact) mass is 321 g/mol. The third-order valence-corrected chi connectivity index (χ3v) is 1.47. The fourth-order valence-corrected chi connectivity index (χ4v) is 1.60. The molecule has 2 nitrogen and oxygen atoms in total. The summed E-state index contributed by atoms with van der Waals surface area (Å²) in [5.74, 6) is 0. The average molecular weight is 321 g/mol. The van der Waals surface area contributed by atoms with Crippen molar-refractivity contribution in [3.05, 3.63) is 13.5 Å². The Morgan fingerprint density at radius 3 is 2.43 bits per heavy atom. The molecule has 0 N–H and O–H groups in total. The highest BCUT2D eigenvalue weighted by Crippen LogP contribution is 2.07. The molecule has 0 bridgehead atoms. The van der Waals surface area contributed by atoms with Gasteiger partial charge in [-0.2, -0.15) is 0 Å². The van der Waals surface area contributed by atoms with E-state index in [0.717, 1.165) is 7.47 Å². The number of aromatic nitrogens is 1. The van der Waals surface area contributed by atoms with Crippen molar-refractivity contribution >= 4 is 45.2 Å². The highest BCUT2D eigenvalue weighted by molar-refractivity contribution is 14.1. The summed E-state index contributed by atoms with van der Waals surface area (Å²) < 4.78 is 6.43. The van der Waals surface area contributed by atoms with Gasteiger partial charge in [0.2, 0.25) is 0 Å². The van der Waals surface area contributed by atoms with Crippen LogP contribution in [0.15, 0.2) is 10.6 Å². The van der Waals surface area contributed by atoms with Gasteiger partial charge in [0.25, 0.3) is 0 Å². The summed E-state index contributed by atoms with van der Waals surface area (Å²) in [5.41, 5.74) is 0. The van der Waals surface area contributed by atoms with Gasteiger partial charge >= 0.3 is 0 Å². The zero-order valence-electron chi connectivity index (χ0n) is 3.19. The van der Waals surface area contributed by atoms with E-state index in [1.165, 1.54) is 0 Å². The van der Waals surface area contributed by atoms with Crippen LogP contribution in [0.2, 0.25) is 0 Å². The van der Waals surface area contributed by atoms with Crippen LogP contribution in [0.25, 0.3) is 0 Å². The number of nitrogens with zero attached hydrogens (tertiary/aromatic N) is 1. The lowest BCUT2D eigenvalue weighted by atomic mass is 10.8. The average Bonchev–Trinajstić information content (AvgIpc) is 1.87. The molecule has 0 saturated heterocycles. The zero-order valence-corrected chi connectivity index (χ0v) is 7.50. The van der Waals surface area contributed by atoms with Crippen molar-refractivity contribution in [2.75, 3.05) is 0 Å². The SMILES string of the molecule is Ic1cc(I)on1. The Hall–Kier alpha value is 0.670. The third kappa shape index (κ3) is 1.56. The Morgan fingerprint density at radius 1 is 1.57 bits per heavy atom. The molecular weight excluding hydrogens is 320 g/mol. The summed E-state index contributed by atoms with van der Waals surface area (Å²) in [6, 6.07) is 1.86. The van der Waals surface area contributed by atoms with E-state index in [2.05, 4.69) is 50.3 Å². The Labute approximate surface area is 67.9 Å². The van der Waals surface area contributed by atoms with Crippen molar-refractivity contribution in [1.82, 2.24) is 5.16 Å². The molecule has 1 aromatic heterocycles. The highest BCUT2D eigenvalue weighted by atomic mass is 127. The van der Waals surface area contributed by atoms with E-state index in [1.54, 1.807) is 0 Å². The fraction of sp³-hybridized carbons (Fsp3) is 0. The quantitative estimate of drug-likeness (QED) is 0.682. The molecule has 1 heterocycles. The second-order valence-corrected chi connectivity index (χ2v) is 3.12. The molecule has 0 aliphatic heterocycles. The predicted octanol–water partition coefficient (Wildman–Crippen LogP) is 1.88. The minimum absolute atomic E-state index is 0.835. The van der Waals surface area contributed by atoms with Gasteiger partial charge in [0.15, 0.2) is 3.77 Å². The number of hydrogen-bond acceptors (Lipinski definition) is 2. The second kappa shape index (κ2) is 2.29. The van der Waals surface area contributed by atoms with Crippen LogP contribution in [0.4, 0.5) is 0 Å². The zero-order chi connectivity index (χ0) is 5.28. The van der Waals surface area contributed by atoms with Gasteiger partial charge in [0, 0.05) is 28.7 Å². The molecule has 0 aliphatic carbocycles. The molecule has 0 saturated carbocycles. The Kier molecular flexibility index (Phi) is 1.90. The van der Waals surface area contributed by atoms with Crippen molar-refractivity contribution in [3.8, 4) is 0 Å². The minimum Gasteiger partial charge on any atom is -0.349 e. The van der Waals surface area contributed by atoms with Crippen LogP contribution in [0.5, 0.6) is 0 Å². The maximum absolute atomic E-state index is 4.69. The molecular formula is C3HI2NO. The standard InChI is InChI=1S/C3HI2NO/c4-2-1-3(5)7-6-2/h1H. The molecule has 1 aromatic rings. The molecule has 0 amide bonds. The Balaban J connectivity index is 3.04. The van der Waals surface area contributed by atoms with Crippen LogP contribution in [0.3, 0.4) is 0 Å². The summed E-state index contributed by atoms with van der Waals surface area (Å²) in [7, 11) is 0. The maximum Gasteiger partial charge on any atom is 0.197 e. The number of hydrogen-bond donors (Lipinski definition) is 0. The van der Waals surface area contributed by atoms with Crippen LogP contribution in [0.1, 0.15) is 0 Å². The molecule has 1 rings (SSSR count). The Bertz CT molecular complexity index is 145. The van der Waals surface area contributed by atoms with Crippen LogP contribution < -0.4 is 0 Å². The molecule has 38 valence electrons. The first-order valence-corrected chi connectivity index (χ1v) is 3.72. The summed E-state index contributed by atoms with van der Waals surface area (Å²) in [6.45, 7) is 0. The van der Waals surface area contributed by atoms with Crippen molar-refractivity contribution in [3.63, 3.8) is 0 Å². The van der Waals surface area contributed by atoms with Gasteiger partial charge in [-0.1, -0.05) is 5.16 Å². The van der Waals surface area contributed by atoms with Crippen LogP contribution in [-0.4, -0.2) is 5.16 Å². The van der Waals surface area contributed by atoms with Crippen molar-refractivity contribution in [2.24, 2.45) is 0 Å². The van der Waals surface area contributed by atoms with Gasteiger partial charge in [-0.25, -0.2) is 0 Å². The molecule has 0 radical (unpaired) electrons. The second-order valence-electron chi connectivity index (χ2n) is 0.954. The van der Waals surface area contributed by atoms with Crippen molar-refractivity contribution < 1.29 is 4.52 Å². The van der Waals surface area contributed by atoms with Gasteiger partial charge in [0.05, 0.1) is 0 Å². The van der Waals surface area contributed by atoms with Gasteiger partial charge in [-0.05, 0) is 22.6 Å². The summed E-state index contributed by atoms with van der Waals surface area (Å²) in [4.78, 5) is 0. The van der Waals surface area contributed by atoms with E-state index in [1.807, 2.05) is 6.07 Å². The molecule has 0 aromatic carbocycles. The van der Waals surface area contributed by atoms with Crippen LogP contribution in [0, 0.1) is 7.47 Å². The van der Waals surface area contributed by atoms with Crippen molar-refractivity contribution in [1.29, 1.82) is 0 Å². The van der Waals surface area contributed by atoms with E-state index < -0.39 is 0 Å². The molecule has 0 aliphatic rings. The smallest absolute Gasteiger partial charge is 0.197 e. The number of halogens is 2. The predicted molar refractivity (Wildman–Crippen MR) is 41.9 cm³/mol. The largest absolute Gasteiger partial charge is 0.349 e. The summed E-state index contributed by atoms with van der Waals surface area (Å²) >= 11 is 4.16. The molecule has 0 spiro atoms. The van der Waals surface area contributed by atoms with Gasteiger partial charge < -0.3 is 4.52 Å². The first-order chi connectivity index (χ1) is 3.29. The molecule has 4 heteroatoms. The first-order valence-electron chi connectivity index (χ1n) is 1.57. The lowest BCUT2D eigenvalue weighted by Crippen LogP contribution is -1.57. The topological polar surface area (TPSA) is 26.0 Å². The summed E-state index contributed by atoms with van der Waals surface area (Å²) in [5, 5.41) is 3.62. The normalized spacial score (nSPS) is 9.43. The van der Waals surface area contributed by atoms with Crippen LogP contribution >= 0.6 is 45.2 Å². The van der Waals surface area contributed by atoms with Gasteiger partial charge in [0.1, 0.15) is 3.70 Å². The molecule has 0 unspecified atom stereocenters. The minimum atomic E-state index is 0.835. The lowest BCUT2D eigenvalue weighted by Gasteiger charge is -1.62. The lowest BCUT2D eigenvalue weighted by molar-refractivity contribution is 0.393. The van der Waals surface area contributed by atoms with E-state index in [4.69, 9.17) is 4.52 Å². The molecule has 0 fully saturated rings. The third-order valence-electron chi connectivity index (χ3n) is 0.453. The van der Waals surface area contributed by atoms with E-state index in [0.29, 0.717) is 0 Å². The van der Waals surface area contributed by atoms with Gasteiger partial charge in [-0.15, -0.1) is 0 Å². The van der Waals surface area contributed by atoms with E-state index in [-0.39, 0.29) is 0 Å². The molecule has 0 atom stereocenters. The van der Waals surface area contributed by atoms with E-state index in [9.17, 15) is 0 Å². The summed E-state index contributed by atoms with van der Waals surface area (Å²) in [6.07, 6.45) is 0. The fourth-order valence-electron chi connectivity index (χ4n) is 0.234. The Morgan fingerprint density at radius 2 is 2.29 bits per heavy atom. The first kappa shape index (κ1) is 5.80. The highest BCUT2D eigenvalue weighted by Gasteiger charge is 1.92. The number of rotatable bonds is 0. The van der Waals surface area contributed by atoms with Crippen molar-refractivity contribution in [2.45, 2.75) is 0 Å². The van der Waals surface area contributed by atoms with E-state index >= 15 is 0 Å².